The summed E-state index contributed by atoms with van der Waals surface area (Å²) in [5, 5.41) is 37.9. The SMILES string of the molecule is Br.Brc1ccc2c3ccccc3n(-c3ccccn3)c2c1.CC(=O)O.COc1ccc(-c2[nH]cc3ccccc23)cc1.COc1ccc2c(c1)c1ncccc1n1cc3ccccc3c21.Clc1ncccc1I.Oc1ccc2c(c1)c1ncccc1n1cc3ccccc3c21.c1ccc(-n2c3ccccc3c3ccc(Oc4ccc5c(c4)c4ncccc4n4c6ccccc6cc54)cc32)nc1. The number of halogens is 4. The van der Waals surface area contributed by atoms with Gasteiger partial charge in [-0.1, -0.05) is 173 Å². The lowest BCUT2D eigenvalue weighted by molar-refractivity contribution is -0.134. The van der Waals surface area contributed by atoms with Crippen LogP contribution in [-0.2, 0) is 4.79 Å². The van der Waals surface area contributed by atoms with Gasteiger partial charge in [0, 0.05) is 159 Å². The minimum atomic E-state index is -0.833. The number of hydrogen-bond donors (Lipinski definition) is 3. The first-order valence-electron chi connectivity index (χ1n) is 43.5. The number of aromatic nitrogens is 12. The summed E-state index contributed by atoms with van der Waals surface area (Å²) in [5.41, 5.74) is 17.7. The Hall–Kier alpha value is -16.1. The maximum absolute atomic E-state index is 9.89. The van der Waals surface area contributed by atoms with Crippen LogP contribution in [0, 0.1) is 3.57 Å². The number of phenolic OH excluding ortho intramolecular Hbond substituents is 1. The van der Waals surface area contributed by atoms with Gasteiger partial charge in [-0.3, -0.25) is 28.9 Å². The van der Waals surface area contributed by atoms with Gasteiger partial charge in [-0.05, 0) is 234 Å². The minimum absolute atomic E-state index is 0. The second kappa shape index (κ2) is 38.3. The van der Waals surface area contributed by atoms with Crippen molar-refractivity contribution in [1.29, 1.82) is 0 Å². The molecule has 660 valence electrons. The predicted molar refractivity (Wildman–Crippen MR) is 572 cm³/mol. The number of carbonyl (C=O) groups is 1. The Kier molecular flexibility index (Phi) is 24.7. The summed E-state index contributed by atoms with van der Waals surface area (Å²) in [6.45, 7) is 1.08. The van der Waals surface area contributed by atoms with E-state index >= 15 is 0 Å². The molecule has 15 aromatic heterocycles. The lowest BCUT2D eigenvalue weighted by Crippen LogP contribution is -1.96. The van der Waals surface area contributed by atoms with Crippen molar-refractivity contribution in [2.45, 2.75) is 6.92 Å². The molecule has 0 radical (unpaired) electrons. The Morgan fingerprint density at radius 3 is 1.33 bits per heavy atom. The van der Waals surface area contributed by atoms with E-state index in [1.54, 1.807) is 38.7 Å². The van der Waals surface area contributed by atoms with Gasteiger partial charge in [0.05, 0.1) is 101 Å². The number of methoxy groups -OCH3 is 2. The molecule has 0 fully saturated rings. The third kappa shape index (κ3) is 16.8. The van der Waals surface area contributed by atoms with Crippen molar-refractivity contribution in [3.05, 3.63) is 421 Å². The maximum atomic E-state index is 9.89. The largest absolute Gasteiger partial charge is 0.508 e. The van der Waals surface area contributed by atoms with Crippen LogP contribution in [0.4, 0.5) is 0 Å². The lowest BCUT2D eigenvalue weighted by Gasteiger charge is -2.12. The zero-order valence-electron chi connectivity index (χ0n) is 73.2. The standard InChI is InChI=1S/C36H22N4O.C20H14N2O.C19H12N2O.C17H11BrN2.C15H13NO.C5H3ClIN.C2H4O2.BrH/c1-3-10-30-23(8-1)20-33-28-17-14-24(21-29(28)36-32(39(30)33)12-7-19-38-36)41-25-15-16-27-26-9-2-4-11-31(26)40(34(27)22-25)35-13-5-6-18-37-35;1-23-14-8-9-16-17(11-14)19-18(7-4-10-21-19)22-12-13-5-2-3-6-15(13)20(16)22;22-13-7-8-15-16(10-13)18-17(6-3-9-20-18)21-11-12-4-1-2-5-14(12)19(15)21;18-12-8-9-14-13-5-1-2-6-15(13)20(16(14)11-12)17-7-3-4-10-19-17;1-17-13-8-6-11(7-9-13)15-14-5-3-2-4-12(14)10-16-15;6-5-4(7)2-1-3-8-5;1-2(3)4;/h1-22H;2-12H,1H3;1-11,22H;1-11H;2-10,16H,1H3;1-3H;1H3,(H,3,4);1H. The maximum Gasteiger partial charge on any atom is 0.300 e. The third-order valence-electron chi connectivity index (χ3n) is 24.0. The number of pyridine rings is 9. The van der Waals surface area contributed by atoms with Gasteiger partial charge in [-0.25, -0.2) is 15.0 Å². The van der Waals surface area contributed by atoms with Gasteiger partial charge in [-0.15, -0.1) is 17.0 Å². The summed E-state index contributed by atoms with van der Waals surface area (Å²) < 4.78 is 30.3. The molecule has 22 heteroatoms. The molecule has 136 heavy (non-hydrogen) atoms. The zero-order valence-corrected chi connectivity index (χ0v) is 79.4. The van der Waals surface area contributed by atoms with E-state index in [1.807, 2.05) is 140 Å². The fourth-order valence-corrected chi connectivity index (χ4v) is 19.1. The molecule has 12 aromatic carbocycles. The molecule has 15 heterocycles. The summed E-state index contributed by atoms with van der Waals surface area (Å²) >= 11 is 11.3. The van der Waals surface area contributed by atoms with Crippen LogP contribution in [0.25, 0.3) is 192 Å². The van der Waals surface area contributed by atoms with Crippen LogP contribution >= 0.6 is 67.1 Å². The molecule has 0 unspecified atom stereocenters. The molecule has 0 bridgehead atoms. The molecular formula is C114H80Br2ClIN12O6. The summed E-state index contributed by atoms with van der Waals surface area (Å²) in [6.07, 6.45) is 17.2. The molecule has 0 saturated heterocycles. The monoisotopic (exact) mass is 2030 g/mol. The number of aromatic amines is 1. The van der Waals surface area contributed by atoms with E-state index in [-0.39, 0.29) is 22.7 Å². The van der Waals surface area contributed by atoms with Crippen LogP contribution in [0.15, 0.2) is 412 Å². The average molecular weight is 2040 g/mol. The molecule has 27 aromatic rings. The molecular weight excluding hydrogens is 1960 g/mol. The number of hydrogen-bond acceptors (Lipinski definition) is 11. The highest BCUT2D eigenvalue weighted by molar-refractivity contribution is 14.1. The zero-order chi connectivity index (χ0) is 91.7. The van der Waals surface area contributed by atoms with Crippen molar-refractivity contribution in [2.75, 3.05) is 14.2 Å². The molecule has 0 aliphatic heterocycles. The topological polar surface area (TPSA) is 201 Å². The number of benzene rings is 12. The van der Waals surface area contributed by atoms with Crippen molar-refractivity contribution in [2.24, 2.45) is 0 Å². The van der Waals surface area contributed by atoms with E-state index < -0.39 is 5.97 Å². The molecule has 0 spiro atoms. The van der Waals surface area contributed by atoms with Gasteiger partial charge in [0.15, 0.2) is 0 Å². The highest BCUT2D eigenvalue weighted by atomic mass is 127. The molecule has 0 saturated carbocycles. The summed E-state index contributed by atoms with van der Waals surface area (Å²) in [7, 11) is 3.38. The number of aromatic hydroxyl groups is 1. The van der Waals surface area contributed by atoms with Crippen LogP contribution in [0.1, 0.15) is 6.92 Å². The Bertz CT molecular complexity index is 9200. The number of carboxylic acid groups (broad SMARTS) is 1. The number of para-hydroxylation sites is 3. The number of H-pyrrole nitrogens is 1. The number of carboxylic acids is 1. The van der Waals surface area contributed by atoms with E-state index in [2.05, 4.69) is 334 Å². The van der Waals surface area contributed by atoms with E-state index in [0.717, 1.165) is 143 Å². The van der Waals surface area contributed by atoms with Crippen LogP contribution in [0.3, 0.4) is 0 Å². The van der Waals surface area contributed by atoms with Gasteiger partial charge >= 0.3 is 0 Å². The minimum Gasteiger partial charge on any atom is -0.508 e. The Balaban J connectivity index is 0.000000105. The van der Waals surface area contributed by atoms with Crippen LogP contribution < -0.4 is 14.2 Å². The fraction of sp³-hybridized carbons (Fsp3) is 0.0263. The summed E-state index contributed by atoms with van der Waals surface area (Å²) in [5.74, 6) is 4.52. The molecule has 3 N–H and O–H groups in total. The van der Waals surface area contributed by atoms with Crippen molar-refractivity contribution in [3.8, 4) is 51.6 Å². The van der Waals surface area contributed by atoms with Gasteiger partial charge in [0.1, 0.15) is 45.5 Å². The van der Waals surface area contributed by atoms with Crippen LogP contribution in [-0.4, -0.2) is 87.6 Å². The molecule has 0 atom stereocenters. The number of ether oxygens (including phenoxy) is 3. The first kappa shape index (κ1) is 87.9. The summed E-state index contributed by atoms with van der Waals surface area (Å²) in [6, 6.07) is 120. The number of rotatable bonds is 7. The van der Waals surface area contributed by atoms with E-state index in [1.165, 1.54) is 86.9 Å². The Morgan fingerprint density at radius 1 is 0.360 bits per heavy atom. The van der Waals surface area contributed by atoms with Gasteiger partial charge < -0.3 is 42.6 Å². The van der Waals surface area contributed by atoms with Crippen LogP contribution in [0.5, 0.6) is 28.7 Å². The Labute approximate surface area is 815 Å². The van der Waals surface area contributed by atoms with Gasteiger partial charge in [0.2, 0.25) is 0 Å². The Morgan fingerprint density at radius 2 is 0.772 bits per heavy atom. The van der Waals surface area contributed by atoms with E-state index in [9.17, 15) is 5.11 Å². The highest BCUT2D eigenvalue weighted by Crippen LogP contribution is 2.43. The van der Waals surface area contributed by atoms with Crippen molar-refractivity contribution in [1.82, 2.24) is 57.2 Å². The fourth-order valence-electron chi connectivity index (χ4n) is 18.2. The van der Waals surface area contributed by atoms with Gasteiger partial charge in [0.25, 0.3) is 5.97 Å². The van der Waals surface area contributed by atoms with Crippen molar-refractivity contribution in [3.63, 3.8) is 0 Å². The highest BCUT2D eigenvalue weighted by Gasteiger charge is 2.21. The van der Waals surface area contributed by atoms with Gasteiger partial charge in [-0.2, -0.15) is 0 Å². The third-order valence-corrected chi connectivity index (χ3v) is 26.0. The number of nitrogens with one attached hydrogen (secondary N) is 1. The number of aliphatic carboxylic acids is 1. The van der Waals surface area contributed by atoms with E-state index in [0.29, 0.717) is 5.15 Å². The number of fused-ring (bicyclic) bond motifs is 31. The number of nitrogens with zero attached hydrogens (tertiary/aromatic N) is 11. The second-order valence-electron chi connectivity index (χ2n) is 32.1. The quantitative estimate of drug-likeness (QED) is 0.0775. The smallest absolute Gasteiger partial charge is 0.300 e. The average Bonchev–Trinajstić information content (AvgIpc) is 1.20. The van der Waals surface area contributed by atoms with Crippen molar-refractivity contribution >= 4 is 242 Å². The summed E-state index contributed by atoms with van der Waals surface area (Å²) in [4.78, 5) is 39.3. The number of phenols is 1. The first-order chi connectivity index (χ1) is 66.3. The predicted octanol–water partition coefficient (Wildman–Crippen LogP) is 30.2. The molecule has 18 nitrogen and oxygen atoms in total. The molecule has 27 rings (SSSR count). The second-order valence-corrected chi connectivity index (χ2v) is 34.5. The lowest BCUT2D eigenvalue weighted by atomic mass is 10.1. The molecule has 0 amide bonds. The van der Waals surface area contributed by atoms with E-state index in [4.69, 9.17) is 40.7 Å². The van der Waals surface area contributed by atoms with Crippen LogP contribution in [0.2, 0.25) is 5.15 Å². The molecule has 0 aliphatic rings. The normalized spacial score (nSPS) is 11.2. The van der Waals surface area contributed by atoms with Crippen molar-refractivity contribution < 1.29 is 29.2 Å². The molecule has 0 aliphatic carbocycles. The first-order valence-corrected chi connectivity index (χ1v) is 45.8.